The van der Waals surface area contributed by atoms with Crippen LogP contribution in [-0.2, 0) is 14.9 Å². The third-order valence-corrected chi connectivity index (χ3v) is 6.64. The Morgan fingerprint density at radius 3 is 2.50 bits per heavy atom. The molecule has 0 spiro atoms. The molecule has 2 heterocycles. The van der Waals surface area contributed by atoms with Gasteiger partial charge in [-0.25, -0.2) is 4.39 Å². The van der Waals surface area contributed by atoms with Crippen LogP contribution in [0.15, 0.2) is 42.5 Å². The van der Waals surface area contributed by atoms with Gasteiger partial charge >= 0.3 is 5.97 Å². The van der Waals surface area contributed by atoms with Crippen molar-refractivity contribution in [2.75, 3.05) is 6.61 Å². The van der Waals surface area contributed by atoms with Crippen LogP contribution in [0.1, 0.15) is 58.3 Å². The van der Waals surface area contributed by atoms with Crippen LogP contribution in [-0.4, -0.2) is 29.4 Å². The van der Waals surface area contributed by atoms with E-state index in [1.54, 1.807) is 0 Å². The lowest BCUT2D eigenvalue weighted by atomic mass is 9.71. The smallest absolute Gasteiger partial charge is 0.309 e. The zero-order valence-electron chi connectivity index (χ0n) is 19.2. The summed E-state index contributed by atoms with van der Waals surface area (Å²) >= 11 is 0. The van der Waals surface area contributed by atoms with Gasteiger partial charge in [0.15, 0.2) is 0 Å². The van der Waals surface area contributed by atoms with E-state index in [4.69, 9.17) is 14.2 Å². The lowest BCUT2D eigenvalue weighted by Gasteiger charge is -2.50. The molecule has 0 aliphatic carbocycles. The summed E-state index contributed by atoms with van der Waals surface area (Å²) in [6, 6.07) is 11.9. The third-order valence-electron chi connectivity index (χ3n) is 6.64. The molecular weight excluding hydrogens is 411 g/mol. The van der Waals surface area contributed by atoms with E-state index in [1.165, 1.54) is 29.8 Å². The average Bonchev–Trinajstić information content (AvgIpc) is 2.71. The van der Waals surface area contributed by atoms with Crippen molar-refractivity contribution in [3.63, 3.8) is 0 Å². The molecule has 1 N–H and O–H groups in total. The van der Waals surface area contributed by atoms with Crippen molar-refractivity contribution in [2.24, 2.45) is 11.8 Å². The maximum Gasteiger partial charge on any atom is 0.309 e. The van der Waals surface area contributed by atoms with Gasteiger partial charge in [-0.3, -0.25) is 4.79 Å². The van der Waals surface area contributed by atoms with Gasteiger partial charge in [0.1, 0.15) is 35.6 Å². The van der Waals surface area contributed by atoms with Crippen molar-refractivity contribution in [1.82, 2.24) is 0 Å². The second kappa shape index (κ2) is 8.07. The second-order valence-electron chi connectivity index (χ2n) is 10.4. The van der Waals surface area contributed by atoms with Crippen LogP contribution in [0.2, 0.25) is 0 Å². The molecule has 1 saturated heterocycles. The normalized spacial score (nSPS) is 26.4. The molecule has 2 aliphatic heterocycles. The highest BCUT2D eigenvalue weighted by atomic mass is 19.1. The quantitative estimate of drug-likeness (QED) is 0.675. The first kappa shape index (κ1) is 22.6. The lowest BCUT2D eigenvalue weighted by molar-refractivity contribution is -0.192. The van der Waals surface area contributed by atoms with Gasteiger partial charge in [-0.2, -0.15) is 0 Å². The molecule has 0 radical (unpaired) electrons. The fraction of sp³-hybridized carbons (Fsp3) is 0.500. The number of benzene rings is 2. The van der Waals surface area contributed by atoms with Gasteiger partial charge in [0.05, 0.1) is 12.0 Å². The fourth-order valence-electron chi connectivity index (χ4n) is 4.68. The van der Waals surface area contributed by atoms with E-state index in [1.807, 2.05) is 19.9 Å². The third kappa shape index (κ3) is 4.33. The van der Waals surface area contributed by atoms with Gasteiger partial charge in [-0.1, -0.05) is 26.8 Å². The second-order valence-corrected chi connectivity index (χ2v) is 10.4. The number of carboxylic acids is 1. The van der Waals surface area contributed by atoms with Crippen molar-refractivity contribution in [3.8, 4) is 11.5 Å². The number of hydrogen-bond donors (Lipinski definition) is 1. The molecule has 4 atom stereocenters. The zero-order chi connectivity index (χ0) is 23.3. The number of fused-ring (bicyclic) bond motifs is 3. The Morgan fingerprint density at radius 2 is 1.88 bits per heavy atom. The van der Waals surface area contributed by atoms with Crippen LogP contribution in [0.3, 0.4) is 0 Å². The molecule has 2 aromatic rings. The SMILES string of the molecule is CC(C)(C)c1ccc2c(c1)[C@H]1O[C@@H](COc3ccc(F)cc3)[C@@H](C(=O)O)C[C@@H]1C(C)(C)O2. The number of ether oxygens (including phenoxy) is 3. The molecule has 0 bridgehead atoms. The van der Waals surface area contributed by atoms with E-state index in [0.717, 1.165) is 11.3 Å². The van der Waals surface area contributed by atoms with Gasteiger partial charge in [-0.05, 0) is 67.6 Å². The summed E-state index contributed by atoms with van der Waals surface area (Å²) < 4.78 is 31.8. The van der Waals surface area contributed by atoms with Crippen LogP contribution in [0.4, 0.5) is 4.39 Å². The van der Waals surface area contributed by atoms with Crippen LogP contribution >= 0.6 is 0 Å². The number of halogens is 1. The molecule has 2 aliphatic rings. The van der Waals surface area contributed by atoms with E-state index in [-0.39, 0.29) is 29.9 Å². The van der Waals surface area contributed by atoms with E-state index in [9.17, 15) is 14.3 Å². The molecule has 1 fully saturated rings. The van der Waals surface area contributed by atoms with Crippen LogP contribution in [0, 0.1) is 17.7 Å². The summed E-state index contributed by atoms with van der Waals surface area (Å²) in [6.45, 7) is 10.5. The molecular formula is C26H31FO5. The van der Waals surface area contributed by atoms with Crippen LogP contribution in [0.25, 0.3) is 0 Å². The largest absolute Gasteiger partial charge is 0.491 e. The highest BCUT2D eigenvalue weighted by Crippen LogP contribution is 2.52. The molecule has 6 heteroatoms. The van der Waals surface area contributed by atoms with E-state index in [2.05, 4.69) is 32.9 Å². The molecule has 0 saturated carbocycles. The van der Waals surface area contributed by atoms with Gasteiger partial charge < -0.3 is 19.3 Å². The Kier molecular flexibility index (Phi) is 5.70. The Bertz CT molecular complexity index is 992. The minimum Gasteiger partial charge on any atom is -0.491 e. The van der Waals surface area contributed by atoms with Gasteiger partial charge in [-0.15, -0.1) is 0 Å². The van der Waals surface area contributed by atoms with Gasteiger partial charge in [0.25, 0.3) is 0 Å². The number of carboxylic acid groups (broad SMARTS) is 1. The van der Waals surface area contributed by atoms with Crippen molar-refractivity contribution in [2.45, 2.75) is 64.3 Å². The van der Waals surface area contributed by atoms with Crippen molar-refractivity contribution >= 4 is 5.97 Å². The Hall–Kier alpha value is -2.60. The minimum absolute atomic E-state index is 0.0408. The molecule has 0 unspecified atom stereocenters. The highest BCUT2D eigenvalue weighted by Gasteiger charge is 2.52. The number of carbonyl (C=O) groups is 1. The molecule has 0 aromatic heterocycles. The molecule has 4 rings (SSSR count). The molecule has 32 heavy (non-hydrogen) atoms. The molecule has 172 valence electrons. The van der Waals surface area contributed by atoms with Crippen molar-refractivity contribution in [1.29, 1.82) is 0 Å². The first-order chi connectivity index (χ1) is 15.0. The summed E-state index contributed by atoms with van der Waals surface area (Å²) in [5.41, 5.74) is 1.51. The average molecular weight is 443 g/mol. The Labute approximate surface area is 188 Å². The van der Waals surface area contributed by atoms with Crippen LogP contribution in [0.5, 0.6) is 11.5 Å². The molecule has 0 amide bonds. The topological polar surface area (TPSA) is 65.0 Å². The standard InChI is InChI=1S/C26H31FO5/c1-25(2,3)15-6-11-21-18(12-15)23-20(26(4,5)32-21)13-19(24(28)29)22(31-23)14-30-17-9-7-16(27)8-10-17/h6-12,19-20,22-23H,13-14H2,1-5H3,(H,28,29)/t19-,20-,22-,23+/m0/s1. The number of rotatable bonds is 4. The fourth-order valence-corrected chi connectivity index (χ4v) is 4.68. The van der Waals surface area contributed by atoms with E-state index >= 15 is 0 Å². The summed E-state index contributed by atoms with van der Waals surface area (Å²) in [5, 5.41) is 9.92. The minimum atomic E-state index is -0.916. The summed E-state index contributed by atoms with van der Waals surface area (Å²) in [7, 11) is 0. The van der Waals surface area contributed by atoms with Gasteiger partial charge in [0.2, 0.25) is 0 Å². The Morgan fingerprint density at radius 1 is 1.19 bits per heavy atom. The zero-order valence-corrected chi connectivity index (χ0v) is 19.2. The molecule has 5 nitrogen and oxygen atoms in total. The monoisotopic (exact) mass is 442 g/mol. The van der Waals surface area contributed by atoms with Crippen LogP contribution < -0.4 is 9.47 Å². The van der Waals surface area contributed by atoms with E-state index < -0.39 is 23.6 Å². The number of aliphatic carboxylic acids is 1. The predicted molar refractivity (Wildman–Crippen MR) is 119 cm³/mol. The highest BCUT2D eigenvalue weighted by molar-refractivity contribution is 5.71. The number of hydrogen-bond acceptors (Lipinski definition) is 4. The first-order valence-corrected chi connectivity index (χ1v) is 11.1. The molecule has 2 aromatic carbocycles. The van der Waals surface area contributed by atoms with Crippen molar-refractivity contribution in [3.05, 3.63) is 59.4 Å². The van der Waals surface area contributed by atoms with E-state index in [0.29, 0.717) is 12.2 Å². The lowest BCUT2D eigenvalue weighted by Crippen LogP contribution is -2.53. The summed E-state index contributed by atoms with van der Waals surface area (Å²) in [4.78, 5) is 12.1. The van der Waals surface area contributed by atoms with Crippen molar-refractivity contribution < 1.29 is 28.5 Å². The maximum atomic E-state index is 13.2. The maximum absolute atomic E-state index is 13.2. The summed E-state index contributed by atoms with van der Waals surface area (Å²) in [5.74, 6) is -0.866. The first-order valence-electron chi connectivity index (χ1n) is 11.1. The predicted octanol–water partition coefficient (Wildman–Crippen LogP) is 5.52. The summed E-state index contributed by atoms with van der Waals surface area (Å²) in [6.07, 6.45) is -0.517. The Balaban J connectivity index is 1.65. The van der Waals surface area contributed by atoms with Gasteiger partial charge in [0, 0.05) is 11.5 Å².